The van der Waals surface area contributed by atoms with Crippen molar-refractivity contribution >= 4 is 64.7 Å². The van der Waals surface area contributed by atoms with Crippen molar-refractivity contribution in [2.24, 2.45) is 5.10 Å². The van der Waals surface area contributed by atoms with Crippen LogP contribution in [0.15, 0.2) is 68.4 Å². The number of hydrogen-bond donors (Lipinski definition) is 1. The van der Waals surface area contributed by atoms with Crippen molar-refractivity contribution < 1.29 is 9.53 Å². The summed E-state index contributed by atoms with van der Waals surface area (Å²) >= 11 is 10.5. The van der Waals surface area contributed by atoms with Crippen LogP contribution in [0.3, 0.4) is 0 Å². The molecule has 0 saturated heterocycles. The third-order valence-corrected chi connectivity index (χ3v) is 7.40. The van der Waals surface area contributed by atoms with E-state index in [1.54, 1.807) is 24.9 Å². The Morgan fingerprint density at radius 1 is 1.16 bits per heavy atom. The average Bonchev–Trinajstić information content (AvgIpc) is 3.25. The van der Waals surface area contributed by atoms with E-state index in [2.05, 4.69) is 20.7 Å². The van der Waals surface area contributed by atoms with Gasteiger partial charge in [0.25, 0.3) is 5.91 Å². The van der Waals surface area contributed by atoms with Crippen LogP contribution in [0.4, 0.5) is 0 Å². The number of hydrogen-bond acceptors (Lipinski definition) is 8. The van der Waals surface area contributed by atoms with Crippen LogP contribution in [-0.4, -0.2) is 35.2 Å². The van der Waals surface area contributed by atoms with E-state index < -0.39 is 0 Å². The van der Waals surface area contributed by atoms with Gasteiger partial charge in [-0.3, -0.25) is 4.79 Å². The predicted octanol–water partition coefficient (Wildman–Crippen LogP) is 5.40. The summed E-state index contributed by atoms with van der Waals surface area (Å²) in [7, 11) is 1.62. The summed E-state index contributed by atoms with van der Waals surface area (Å²) in [6.45, 7) is 0. The van der Waals surface area contributed by atoms with E-state index in [4.69, 9.17) is 16.3 Å². The number of aromatic nitrogens is 2. The first-order valence-electron chi connectivity index (χ1n) is 9.10. The summed E-state index contributed by atoms with van der Waals surface area (Å²) in [4.78, 5) is 12.0. The molecule has 31 heavy (non-hydrogen) atoms. The van der Waals surface area contributed by atoms with Crippen LogP contribution in [0.2, 0.25) is 5.02 Å². The predicted molar refractivity (Wildman–Crippen MR) is 130 cm³/mol. The number of hydrazone groups is 1. The number of benzene rings is 2. The van der Waals surface area contributed by atoms with E-state index in [1.165, 1.54) is 29.3 Å². The van der Waals surface area contributed by atoms with Gasteiger partial charge in [0.1, 0.15) is 5.75 Å². The van der Waals surface area contributed by atoms with Crippen molar-refractivity contribution in [2.75, 3.05) is 12.9 Å². The zero-order chi connectivity index (χ0) is 21.9. The smallest absolute Gasteiger partial charge is 0.250 e. The molecule has 0 atom stereocenters. The lowest BCUT2D eigenvalue weighted by Gasteiger charge is -2.02. The minimum atomic E-state index is -0.215. The highest BCUT2D eigenvalue weighted by atomic mass is 35.5. The van der Waals surface area contributed by atoms with E-state index in [0.29, 0.717) is 0 Å². The molecule has 6 nitrogen and oxygen atoms in total. The number of thioether (sulfide) groups is 2. The van der Waals surface area contributed by atoms with Gasteiger partial charge in [0.2, 0.25) is 0 Å². The molecule has 3 aromatic rings. The highest BCUT2D eigenvalue weighted by Crippen LogP contribution is 2.32. The SMILES string of the molecule is COc1ccccc1/C=C\C=N/NC(=O)CSc1nnc(SCc2ccccc2Cl)s1. The van der Waals surface area contributed by atoms with Gasteiger partial charge in [-0.05, 0) is 29.8 Å². The molecule has 0 aliphatic heterocycles. The number of carbonyl (C=O) groups is 1. The van der Waals surface area contributed by atoms with Gasteiger partial charge in [0.15, 0.2) is 8.68 Å². The van der Waals surface area contributed by atoms with Crippen LogP contribution >= 0.6 is 46.5 Å². The molecule has 1 aromatic heterocycles. The summed E-state index contributed by atoms with van der Waals surface area (Å²) in [5, 5.41) is 12.9. The second-order valence-electron chi connectivity index (χ2n) is 5.92. The lowest BCUT2D eigenvalue weighted by atomic mass is 10.2. The zero-order valence-corrected chi connectivity index (χ0v) is 19.7. The van der Waals surface area contributed by atoms with Crippen LogP contribution in [0.1, 0.15) is 11.1 Å². The molecular weight excluding hydrogens is 472 g/mol. The Bertz CT molecular complexity index is 1070. The monoisotopic (exact) mass is 490 g/mol. The molecule has 10 heteroatoms. The molecule has 0 unspecified atom stereocenters. The van der Waals surface area contributed by atoms with E-state index in [9.17, 15) is 4.79 Å². The number of nitrogens with one attached hydrogen (secondary N) is 1. The van der Waals surface area contributed by atoms with Crippen molar-refractivity contribution in [3.63, 3.8) is 0 Å². The molecule has 3 rings (SSSR count). The fourth-order valence-electron chi connectivity index (χ4n) is 2.33. The van der Waals surface area contributed by atoms with E-state index in [-0.39, 0.29) is 11.7 Å². The average molecular weight is 491 g/mol. The summed E-state index contributed by atoms with van der Waals surface area (Å²) in [6, 6.07) is 15.4. The van der Waals surface area contributed by atoms with Gasteiger partial charge in [-0.15, -0.1) is 10.2 Å². The maximum Gasteiger partial charge on any atom is 0.250 e. The molecule has 0 fully saturated rings. The molecule has 0 spiro atoms. The Morgan fingerprint density at radius 3 is 2.71 bits per heavy atom. The number of nitrogens with zero attached hydrogens (tertiary/aromatic N) is 3. The lowest BCUT2D eigenvalue weighted by Crippen LogP contribution is -2.19. The van der Waals surface area contributed by atoms with Crippen LogP contribution in [-0.2, 0) is 10.5 Å². The molecule has 0 aliphatic rings. The molecular formula is C21H19ClN4O2S3. The lowest BCUT2D eigenvalue weighted by molar-refractivity contribution is -0.118. The highest BCUT2D eigenvalue weighted by molar-refractivity contribution is 8.03. The fourth-order valence-corrected chi connectivity index (χ4v) is 5.43. The second kappa shape index (κ2) is 12.5. The third kappa shape index (κ3) is 7.70. The van der Waals surface area contributed by atoms with Gasteiger partial charge in [-0.2, -0.15) is 5.10 Å². The van der Waals surface area contributed by atoms with Gasteiger partial charge in [-0.25, -0.2) is 5.43 Å². The first kappa shape index (κ1) is 23.3. The quantitative estimate of drug-likeness (QED) is 0.233. The molecule has 160 valence electrons. The van der Waals surface area contributed by atoms with Gasteiger partial charge in [-0.1, -0.05) is 82.9 Å². The minimum absolute atomic E-state index is 0.206. The minimum Gasteiger partial charge on any atom is -0.496 e. The number of methoxy groups -OCH3 is 1. The second-order valence-corrected chi connectivity index (χ2v) is 9.75. The number of carbonyl (C=O) groups excluding carboxylic acids is 1. The number of ether oxygens (including phenoxy) is 1. The molecule has 1 N–H and O–H groups in total. The Kier molecular flexibility index (Phi) is 9.41. The van der Waals surface area contributed by atoms with Crippen molar-refractivity contribution in [2.45, 2.75) is 14.4 Å². The Balaban J connectivity index is 1.39. The Morgan fingerprint density at radius 2 is 1.90 bits per heavy atom. The van der Waals surface area contributed by atoms with Crippen molar-refractivity contribution in [3.05, 3.63) is 70.8 Å². The molecule has 1 heterocycles. The van der Waals surface area contributed by atoms with Crippen molar-refractivity contribution in [1.82, 2.24) is 15.6 Å². The largest absolute Gasteiger partial charge is 0.496 e. The number of allylic oxidation sites excluding steroid dienone is 1. The van der Waals surface area contributed by atoms with E-state index >= 15 is 0 Å². The standard InChI is InChI=1S/C21H19ClN4O2S3/c1-28-18-11-5-3-7-15(18)9-6-12-23-24-19(27)14-30-21-26-25-20(31-21)29-13-16-8-2-4-10-17(16)22/h2-12H,13-14H2,1H3,(H,24,27)/b9-6-,23-12-. The first-order chi connectivity index (χ1) is 15.2. The number of amides is 1. The van der Waals surface area contributed by atoms with Gasteiger partial charge < -0.3 is 4.74 Å². The van der Waals surface area contributed by atoms with Crippen LogP contribution in [0.25, 0.3) is 6.08 Å². The molecule has 0 bridgehead atoms. The van der Waals surface area contributed by atoms with Crippen molar-refractivity contribution in [1.29, 1.82) is 0 Å². The highest BCUT2D eigenvalue weighted by Gasteiger charge is 2.09. The van der Waals surface area contributed by atoms with E-state index in [0.717, 1.165) is 36.3 Å². The van der Waals surface area contributed by atoms with Gasteiger partial charge in [0, 0.05) is 22.6 Å². The third-order valence-electron chi connectivity index (χ3n) is 3.79. The number of rotatable bonds is 10. The van der Waals surface area contributed by atoms with Crippen molar-refractivity contribution in [3.8, 4) is 5.75 Å². The first-order valence-corrected chi connectivity index (χ1v) is 12.3. The van der Waals surface area contributed by atoms with E-state index in [1.807, 2.05) is 54.6 Å². The van der Waals surface area contributed by atoms with Gasteiger partial charge in [0.05, 0.1) is 12.9 Å². The summed E-state index contributed by atoms with van der Waals surface area (Å²) in [5.74, 6) is 1.48. The number of halogens is 1. The molecule has 1 amide bonds. The summed E-state index contributed by atoms with van der Waals surface area (Å²) in [6.07, 6.45) is 5.11. The molecule has 2 aromatic carbocycles. The van der Waals surface area contributed by atoms with Crippen LogP contribution in [0.5, 0.6) is 5.75 Å². The zero-order valence-electron chi connectivity index (χ0n) is 16.5. The maximum atomic E-state index is 12.0. The van der Waals surface area contributed by atoms with Crippen LogP contribution in [0, 0.1) is 0 Å². The summed E-state index contributed by atoms with van der Waals surface area (Å²) in [5.41, 5.74) is 4.47. The molecule has 0 saturated carbocycles. The maximum absolute atomic E-state index is 12.0. The number of para-hydroxylation sites is 1. The van der Waals surface area contributed by atoms with Crippen LogP contribution < -0.4 is 10.2 Å². The fraction of sp³-hybridized carbons (Fsp3) is 0.143. The molecule has 0 radical (unpaired) electrons. The molecule has 0 aliphatic carbocycles. The Hall–Kier alpha value is -2.33. The normalized spacial score (nSPS) is 11.3. The Labute approximate surface area is 198 Å². The van der Waals surface area contributed by atoms with Gasteiger partial charge >= 0.3 is 0 Å². The topological polar surface area (TPSA) is 76.5 Å². The summed E-state index contributed by atoms with van der Waals surface area (Å²) < 4.78 is 6.84.